The molecule has 2 amide bonds. The largest absolute Gasteiger partial charge is 0.461 e. The van der Waals surface area contributed by atoms with Gasteiger partial charge >= 0.3 is 5.97 Å². The molecule has 0 aromatic heterocycles. The minimum absolute atomic E-state index is 0.198. The SMILES string of the molecule is NCCCCC(N)C(=O)NC(CCCCN)C(=O)NCCCC(=O)OCc1ccccc1. The molecule has 32 heavy (non-hydrogen) atoms. The van der Waals surface area contributed by atoms with Gasteiger partial charge in [-0.25, -0.2) is 0 Å². The van der Waals surface area contributed by atoms with Crippen molar-refractivity contribution in [2.24, 2.45) is 17.2 Å². The van der Waals surface area contributed by atoms with E-state index in [-0.39, 0.29) is 30.8 Å². The molecule has 9 nitrogen and oxygen atoms in total. The monoisotopic (exact) mass is 449 g/mol. The summed E-state index contributed by atoms with van der Waals surface area (Å²) in [5, 5.41) is 5.54. The number of unbranched alkanes of at least 4 members (excludes halogenated alkanes) is 2. The van der Waals surface area contributed by atoms with Crippen molar-refractivity contribution >= 4 is 17.8 Å². The first-order valence-corrected chi connectivity index (χ1v) is 11.4. The summed E-state index contributed by atoms with van der Waals surface area (Å²) in [7, 11) is 0. The van der Waals surface area contributed by atoms with Gasteiger partial charge in [0.15, 0.2) is 0 Å². The van der Waals surface area contributed by atoms with Crippen LogP contribution >= 0.6 is 0 Å². The molecule has 0 heterocycles. The molecule has 9 heteroatoms. The normalized spacial score (nSPS) is 12.6. The summed E-state index contributed by atoms with van der Waals surface area (Å²) >= 11 is 0. The quantitative estimate of drug-likeness (QED) is 0.173. The Hall–Kier alpha value is -2.49. The van der Waals surface area contributed by atoms with Gasteiger partial charge in [-0.3, -0.25) is 14.4 Å². The summed E-state index contributed by atoms with van der Waals surface area (Å²) < 4.78 is 5.23. The average Bonchev–Trinajstić information content (AvgIpc) is 2.80. The van der Waals surface area contributed by atoms with Crippen molar-refractivity contribution in [1.82, 2.24) is 10.6 Å². The van der Waals surface area contributed by atoms with Crippen LogP contribution in [0.4, 0.5) is 0 Å². The van der Waals surface area contributed by atoms with Crippen molar-refractivity contribution in [3.05, 3.63) is 35.9 Å². The number of nitrogens with one attached hydrogen (secondary N) is 2. The van der Waals surface area contributed by atoms with Crippen LogP contribution in [0.25, 0.3) is 0 Å². The molecule has 0 bridgehead atoms. The molecule has 1 aromatic rings. The van der Waals surface area contributed by atoms with Crippen LogP contribution < -0.4 is 27.8 Å². The van der Waals surface area contributed by atoms with Crippen LogP contribution in [0.2, 0.25) is 0 Å². The summed E-state index contributed by atoms with van der Waals surface area (Å²) in [5.41, 5.74) is 17.9. The number of amides is 2. The Bertz CT molecular complexity index is 672. The molecule has 0 radical (unpaired) electrons. The van der Waals surface area contributed by atoms with Gasteiger partial charge in [0.2, 0.25) is 11.8 Å². The van der Waals surface area contributed by atoms with Gasteiger partial charge in [-0.15, -0.1) is 0 Å². The molecule has 2 unspecified atom stereocenters. The summed E-state index contributed by atoms with van der Waals surface area (Å²) in [6.45, 7) is 1.61. The minimum Gasteiger partial charge on any atom is -0.461 e. The Labute approximate surface area is 190 Å². The maximum Gasteiger partial charge on any atom is 0.306 e. The molecule has 8 N–H and O–H groups in total. The van der Waals surface area contributed by atoms with Crippen LogP contribution in [-0.4, -0.2) is 49.5 Å². The van der Waals surface area contributed by atoms with E-state index in [1.54, 1.807) is 0 Å². The second kappa shape index (κ2) is 17.1. The van der Waals surface area contributed by atoms with Crippen molar-refractivity contribution in [2.75, 3.05) is 19.6 Å². The Morgan fingerprint density at radius 3 is 2.19 bits per heavy atom. The van der Waals surface area contributed by atoms with Crippen molar-refractivity contribution in [1.29, 1.82) is 0 Å². The Balaban J connectivity index is 2.37. The summed E-state index contributed by atoms with van der Waals surface area (Å²) in [4.78, 5) is 36.8. The number of esters is 1. The maximum atomic E-state index is 12.6. The van der Waals surface area contributed by atoms with Crippen molar-refractivity contribution < 1.29 is 19.1 Å². The van der Waals surface area contributed by atoms with E-state index in [9.17, 15) is 14.4 Å². The number of nitrogens with two attached hydrogens (primary N) is 3. The van der Waals surface area contributed by atoms with E-state index in [2.05, 4.69) is 10.6 Å². The second-order valence-electron chi connectivity index (χ2n) is 7.78. The van der Waals surface area contributed by atoms with Gasteiger partial charge in [0.25, 0.3) is 0 Å². The van der Waals surface area contributed by atoms with Gasteiger partial charge in [-0.1, -0.05) is 36.8 Å². The van der Waals surface area contributed by atoms with E-state index < -0.39 is 12.1 Å². The third kappa shape index (κ3) is 12.4. The van der Waals surface area contributed by atoms with Crippen molar-refractivity contribution in [2.45, 2.75) is 70.1 Å². The van der Waals surface area contributed by atoms with Crippen molar-refractivity contribution in [3.63, 3.8) is 0 Å². The lowest BCUT2D eigenvalue weighted by molar-refractivity contribution is -0.145. The van der Waals surface area contributed by atoms with Crippen LogP contribution in [0.15, 0.2) is 30.3 Å². The van der Waals surface area contributed by atoms with Gasteiger partial charge in [-0.05, 0) is 57.2 Å². The van der Waals surface area contributed by atoms with E-state index in [0.29, 0.717) is 45.3 Å². The molecule has 0 saturated heterocycles. The number of hydrogen-bond acceptors (Lipinski definition) is 7. The molecule has 0 fully saturated rings. The van der Waals surface area contributed by atoms with E-state index >= 15 is 0 Å². The number of benzene rings is 1. The first kappa shape index (κ1) is 27.5. The minimum atomic E-state index is -0.681. The zero-order valence-electron chi connectivity index (χ0n) is 18.9. The highest BCUT2D eigenvalue weighted by Crippen LogP contribution is 2.05. The smallest absolute Gasteiger partial charge is 0.306 e. The Morgan fingerprint density at radius 1 is 0.875 bits per heavy atom. The lowest BCUT2D eigenvalue weighted by Gasteiger charge is -2.21. The fourth-order valence-electron chi connectivity index (χ4n) is 3.06. The fraction of sp³-hybridized carbons (Fsp3) is 0.609. The maximum absolute atomic E-state index is 12.6. The second-order valence-corrected chi connectivity index (χ2v) is 7.78. The number of carbonyl (C=O) groups is 3. The molecule has 0 aliphatic heterocycles. The first-order valence-electron chi connectivity index (χ1n) is 11.4. The Morgan fingerprint density at radius 2 is 1.53 bits per heavy atom. The number of hydrogen-bond donors (Lipinski definition) is 5. The van der Waals surface area contributed by atoms with E-state index in [1.807, 2.05) is 30.3 Å². The molecule has 180 valence electrons. The van der Waals surface area contributed by atoms with Gasteiger partial charge in [0.1, 0.15) is 12.6 Å². The van der Waals surface area contributed by atoms with Gasteiger partial charge < -0.3 is 32.6 Å². The summed E-state index contributed by atoms with van der Waals surface area (Å²) in [5.74, 6) is -0.957. The molecule has 1 aromatic carbocycles. The summed E-state index contributed by atoms with van der Waals surface area (Å²) in [6.07, 6.45) is 4.67. The van der Waals surface area contributed by atoms with Crippen LogP contribution in [-0.2, 0) is 25.7 Å². The molecular formula is C23H39N5O4. The van der Waals surface area contributed by atoms with Gasteiger partial charge in [0, 0.05) is 13.0 Å². The zero-order valence-corrected chi connectivity index (χ0v) is 18.9. The predicted molar refractivity (Wildman–Crippen MR) is 124 cm³/mol. The highest BCUT2D eigenvalue weighted by Gasteiger charge is 2.23. The zero-order chi connectivity index (χ0) is 23.6. The van der Waals surface area contributed by atoms with Crippen LogP contribution in [0.5, 0.6) is 0 Å². The average molecular weight is 450 g/mol. The Kier molecular flexibility index (Phi) is 14.7. The highest BCUT2D eigenvalue weighted by atomic mass is 16.5. The molecule has 2 atom stereocenters. The first-order chi connectivity index (χ1) is 15.5. The van der Waals surface area contributed by atoms with Gasteiger partial charge in [0.05, 0.1) is 6.04 Å². The highest BCUT2D eigenvalue weighted by molar-refractivity contribution is 5.89. The number of rotatable bonds is 17. The van der Waals surface area contributed by atoms with Crippen LogP contribution in [0.1, 0.15) is 56.9 Å². The molecule has 1 rings (SSSR count). The van der Waals surface area contributed by atoms with E-state index in [1.165, 1.54) is 0 Å². The molecule has 0 saturated carbocycles. The van der Waals surface area contributed by atoms with Crippen molar-refractivity contribution in [3.8, 4) is 0 Å². The van der Waals surface area contributed by atoms with Crippen LogP contribution in [0, 0.1) is 0 Å². The standard InChI is InChI=1S/C23H39N5O4/c24-14-6-4-11-19(26)22(30)28-20(12-5-7-15-25)23(31)27-16-8-13-21(29)32-17-18-9-2-1-3-10-18/h1-3,9-10,19-20H,4-8,11-17,24-26H2,(H,27,31)(H,28,30). The predicted octanol–water partition coefficient (Wildman–Crippen LogP) is 0.696. The number of carbonyl (C=O) groups excluding carboxylic acids is 3. The molecule has 0 aliphatic rings. The molecular weight excluding hydrogens is 410 g/mol. The molecule has 0 spiro atoms. The summed E-state index contributed by atoms with van der Waals surface area (Å²) in [6, 6.07) is 8.08. The third-order valence-electron chi connectivity index (χ3n) is 4.99. The van der Waals surface area contributed by atoms with Gasteiger partial charge in [-0.2, -0.15) is 0 Å². The lowest BCUT2D eigenvalue weighted by atomic mass is 10.1. The molecule has 0 aliphatic carbocycles. The van der Waals surface area contributed by atoms with E-state index in [0.717, 1.165) is 24.8 Å². The fourth-order valence-corrected chi connectivity index (χ4v) is 3.06. The van der Waals surface area contributed by atoms with E-state index in [4.69, 9.17) is 21.9 Å². The topological polar surface area (TPSA) is 163 Å². The van der Waals surface area contributed by atoms with Crippen LogP contribution in [0.3, 0.4) is 0 Å². The number of ether oxygens (including phenoxy) is 1. The lowest BCUT2D eigenvalue weighted by Crippen LogP contribution is -2.51. The third-order valence-corrected chi connectivity index (χ3v) is 4.99.